The third-order valence-corrected chi connectivity index (χ3v) is 6.41. The summed E-state index contributed by atoms with van der Waals surface area (Å²) in [5, 5.41) is 0. The number of amides is 1. The Hall–Kier alpha value is -2.66. The van der Waals surface area contributed by atoms with Gasteiger partial charge in [-0.1, -0.05) is 49.2 Å². The summed E-state index contributed by atoms with van der Waals surface area (Å²) in [5.74, 6) is 0.591. The van der Waals surface area contributed by atoms with Gasteiger partial charge in [0.25, 0.3) is 5.91 Å². The molecule has 3 aromatic rings. The molecule has 0 spiro atoms. The van der Waals surface area contributed by atoms with Crippen LogP contribution >= 0.6 is 0 Å². The number of rotatable bonds is 3. The van der Waals surface area contributed by atoms with Crippen molar-refractivity contribution < 1.29 is 4.79 Å². The standard InChI is InChI=1S/C22H24N4O/c23-12-16-9-10-20-24-19(15-25(20)13-16)21(27)26-14-18-8-4-5-11-22(18,26)17-6-2-1-3-7-17/h1-3,6-7,9-10,13,15,18H,4-5,8,11-12,14,23H2. The van der Waals surface area contributed by atoms with Crippen molar-refractivity contribution in [3.8, 4) is 0 Å². The second-order valence-electron chi connectivity index (χ2n) is 7.78. The number of hydrogen-bond donors (Lipinski definition) is 1. The van der Waals surface area contributed by atoms with Gasteiger partial charge >= 0.3 is 0 Å². The van der Waals surface area contributed by atoms with Crippen LogP contribution in [0.5, 0.6) is 0 Å². The molecule has 1 aliphatic heterocycles. The van der Waals surface area contributed by atoms with Crippen LogP contribution in [0.25, 0.3) is 5.65 Å². The molecule has 2 atom stereocenters. The zero-order chi connectivity index (χ0) is 18.4. The van der Waals surface area contributed by atoms with Crippen molar-refractivity contribution in [1.82, 2.24) is 14.3 Å². The number of carbonyl (C=O) groups excluding carboxylic acids is 1. The van der Waals surface area contributed by atoms with E-state index in [0.717, 1.165) is 24.2 Å². The minimum Gasteiger partial charge on any atom is -0.327 e. The first-order valence-electron chi connectivity index (χ1n) is 9.77. The highest BCUT2D eigenvalue weighted by atomic mass is 16.2. The third kappa shape index (κ3) is 2.42. The lowest BCUT2D eigenvalue weighted by Gasteiger charge is -2.61. The van der Waals surface area contributed by atoms with Crippen molar-refractivity contribution in [3.05, 3.63) is 71.7 Å². The summed E-state index contributed by atoms with van der Waals surface area (Å²) >= 11 is 0. The largest absolute Gasteiger partial charge is 0.327 e. The number of nitrogens with zero attached hydrogens (tertiary/aromatic N) is 3. The lowest BCUT2D eigenvalue weighted by molar-refractivity contribution is -0.0871. The number of fused-ring (bicyclic) bond motifs is 2. The molecule has 5 rings (SSSR count). The first-order valence-corrected chi connectivity index (χ1v) is 9.77. The number of benzene rings is 1. The van der Waals surface area contributed by atoms with Crippen molar-refractivity contribution in [2.75, 3.05) is 6.54 Å². The van der Waals surface area contributed by atoms with Crippen LogP contribution in [0.15, 0.2) is 54.9 Å². The molecule has 3 heterocycles. The molecule has 1 amide bonds. The van der Waals surface area contributed by atoms with Crippen LogP contribution in [-0.2, 0) is 12.1 Å². The zero-order valence-corrected chi connectivity index (χ0v) is 15.3. The second kappa shape index (κ2) is 6.20. The van der Waals surface area contributed by atoms with Crippen LogP contribution in [0.1, 0.15) is 47.3 Å². The molecular formula is C22H24N4O. The number of carbonyl (C=O) groups is 1. The summed E-state index contributed by atoms with van der Waals surface area (Å²) < 4.78 is 1.91. The molecule has 2 N–H and O–H groups in total. The van der Waals surface area contributed by atoms with Gasteiger partial charge in [0.15, 0.2) is 0 Å². The van der Waals surface area contributed by atoms with Gasteiger partial charge in [-0.05, 0) is 30.0 Å². The Morgan fingerprint density at radius 3 is 2.78 bits per heavy atom. The van der Waals surface area contributed by atoms with E-state index in [-0.39, 0.29) is 11.4 Å². The van der Waals surface area contributed by atoms with Crippen LogP contribution in [-0.4, -0.2) is 26.7 Å². The van der Waals surface area contributed by atoms with Crippen molar-refractivity contribution in [1.29, 1.82) is 0 Å². The molecule has 2 fully saturated rings. The van der Waals surface area contributed by atoms with Gasteiger partial charge < -0.3 is 15.0 Å². The molecule has 1 saturated carbocycles. The van der Waals surface area contributed by atoms with Crippen molar-refractivity contribution >= 4 is 11.6 Å². The van der Waals surface area contributed by atoms with Crippen LogP contribution in [0.2, 0.25) is 0 Å². The first-order chi connectivity index (χ1) is 13.2. The topological polar surface area (TPSA) is 63.6 Å². The first kappa shape index (κ1) is 16.5. The van der Waals surface area contributed by atoms with Gasteiger partial charge in [0.05, 0.1) is 5.54 Å². The highest BCUT2D eigenvalue weighted by molar-refractivity contribution is 5.94. The summed E-state index contributed by atoms with van der Waals surface area (Å²) in [6, 6.07) is 14.4. The van der Waals surface area contributed by atoms with Crippen LogP contribution in [0, 0.1) is 5.92 Å². The molecule has 1 saturated heterocycles. The van der Waals surface area contributed by atoms with E-state index in [1.54, 1.807) is 0 Å². The van der Waals surface area contributed by atoms with E-state index in [0.29, 0.717) is 18.2 Å². The fraction of sp³-hybridized carbons (Fsp3) is 0.364. The average Bonchev–Trinajstić information content (AvgIpc) is 3.13. The van der Waals surface area contributed by atoms with Gasteiger partial charge in [-0.15, -0.1) is 0 Å². The Bertz CT molecular complexity index is 996. The minimum absolute atomic E-state index is 0.0370. The molecule has 1 aliphatic carbocycles. The lowest BCUT2D eigenvalue weighted by Crippen LogP contribution is -2.67. The summed E-state index contributed by atoms with van der Waals surface area (Å²) in [7, 11) is 0. The number of imidazole rings is 1. The van der Waals surface area contributed by atoms with Gasteiger partial charge in [-0.2, -0.15) is 0 Å². The van der Waals surface area contributed by atoms with E-state index in [2.05, 4.69) is 34.1 Å². The molecule has 0 radical (unpaired) electrons. The fourth-order valence-corrected chi connectivity index (χ4v) is 5.02. The minimum atomic E-state index is -0.158. The Labute approximate surface area is 158 Å². The molecule has 2 aliphatic rings. The number of likely N-dealkylation sites (tertiary alicyclic amines) is 1. The molecule has 27 heavy (non-hydrogen) atoms. The Morgan fingerprint density at radius 2 is 2.00 bits per heavy atom. The predicted octanol–water partition coefficient (Wildman–Crippen LogP) is 3.33. The Kier molecular flexibility index (Phi) is 3.79. The fourth-order valence-electron chi connectivity index (χ4n) is 5.02. The van der Waals surface area contributed by atoms with Crippen molar-refractivity contribution in [3.63, 3.8) is 0 Å². The maximum absolute atomic E-state index is 13.4. The summed E-state index contributed by atoms with van der Waals surface area (Å²) in [4.78, 5) is 20.1. The molecular weight excluding hydrogens is 336 g/mol. The SMILES string of the molecule is NCc1ccc2nc(C(=O)N3CC4CCCCC43c3ccccc3)cn2c1. The van der Waals surface area contributed by atoms with Crippen LogP contribution < -0.4 is 5.73 Å². The normalized spacial score (nSPS) is 24.5. The average molecular weight is 360 g/mol. The molecule has 1 aromatic carbocycles. The van der Waals surface area contributed by atoms with E-state index in [4.69, 9.17) is 5.73 Å². The highest BCUT2D eigenvalue weighted by Gasteiger charge is 2.57. The van der Waals surface area contributed by atoms with Crippen molar-refractivity contribution in [2.45, 2.75) is 37.8 Å². The van der Waals surface area contributed by atoms with Gasteiger partial charge in [-0.3, -0.25) is 4.79 Å². The van der Waals surface area contributed by atoms with Gasteiger partial charge in [0.2, 0.25) is 0 Å². The summed E-state index contributed by atoms with van der Waals surface area (Å²) in [6.45, 7) is 1.30. The van der Waals surface area contributed by atoms with E-state index >= 15 is 0 Å². The Balaban J connectivity index is 1.52. The van der Waals surface area contributed by atoms with Crippen LogP contribution in [0.4, 0.5) is 0 Å². The predicted molar refractivity (Wildman–Crippen MR) is 104 cm³/mol. The number of hydrogen-bond acceptors (Lipinski definition) is 3. The maximum Gasteiger partial charge on any atom is 0.274 e. The van der Waals surface area contributed by atoms with Gasteiger partial charge in [0.1, 0.15) is 11.3 Å². The van der Waals surface area contributed by atoms with Crippen molar-refractivity contribution in [2.24, 2.45) is 11.7 Å². The summed E-state index contributed by atoms with van der Waals surface area (Å²) in [5.41, 5.74) is 9.17. The van der Waals surface area contributed by atoms with E-state index in [1.165, 1.54) is 24.8 Å². The number of pyridine rings is 1. The van der Waals surface area contributed by atoms with Gasteiger partial charge in [0, 0.05) is 31.4 Å². The van der Waals surface area contributed by atoms with E-state index < -0.39 is 0 Å². The smallest absolute Gasteiger partial charge is 0.274 e. The monoisotopic (exact) mass is 360 g/mol. The molecule has 5 nitrogen and oxygen atoms in total. The molecule has 2 unspecified atom stereocenters. The van der Waals surface area contributed by atoms with E-state index in [1.807, 2.05) is 35.0 Å². The maximum atomic E-state index is 13.4. The molecule has 5 heteroatoms. The zero-order valence-electron chi connectivity index (χ0n) is 15.3. The molecule has 138 valence electrons. The number of nitrogens with two attached hydrogens (primary N) is 1. The lowest BCUT2D eigenvalue weighted by atomic mass is 9.61. The van der Waals surface area contributed by atoms with Gasteiger partial charge in [-0.25, -0.2) is 4.98 Å². The summed E-state index contributed by atoms with van der Waals surface area (Å²) in [6.07, 6.45) is 8.46. The Morgan fingerprint density at radius 1 is 1.15 bits per heavy atom. The quantitative estimate of drug-likeness (QED) is 0.779. The molecule has 2 aromatic heterocycles. The highest BCUT2D eigenvalue weighted by Crippen LogP contribution is 2.54. The van der Waals surface area contributed by atoms with Crippen LogP contribution in [0.3, 0.4) is 0 Å². The third-order valence-electron chi connectivity index (χ3n) is 6.41. The molecule has 0 bridgehead atoms. The van der Waals surface area contributed by atoms with E-state index in [9.17, 15) is 4.79 Å². The second-order valence-corrected chi connectivity index (χ2v) is 7.78. The number of aromatic nitrogens is 2.